The molecule has 2 aromatic rings. The summed E-state index contributed by atoms with van der Waals surface area (Å²) in [5.41, 5.74) is 1.63. The van der Waals surface area contributed by atoms with Crippen molar-refractivity contribution >= 4 is 15.9 Å². The van der Waals surface area contributed by atoms with E-state index >= 15 is 0 Å². The van der Waals surface area contributed by atoms with Crippen LogP contribution in [0.4, 0.5) is 4.39 Å². The highest BCUT2D eigenvalue weighted by atomic mass is 79.9. The second-order valence-corrected chi connectivity index (χ2v) is 5.76. The number of para-hydroxylation sites is 1. The highest BCUT2D eigenvalue weighted by molar-refractivity contribution is 9.10. The third-order valence-electron chi connectivity index (χ3n) is 3.29. The summed E-state index contributed by atoms with van der Waals surface area (Å²) in [5, 5.41) is 3.36. The van der Waals surface area contributed by atoms with E-state index in [1.54, 1.807) is 6.07 Å². The Morgan fingerprint density at radius 1 is 1.24 bits per heavy atom. The lowest BCUT2D eigenvalue weighted by atomic mass is 10.1. The molecule has 1 atom stereocenters. The van der Waals surface area contributed by atoms with E-state index < -0.39 is 0 Å². The van der Waals surface area contributed by atoms with Gasteiger partial charge in [0.05, 0.1) is 0 Å². The van der Waals surface area contributed by atoms with E-state index in [0.717, 1.165) is 22.3 Å². The number of hydrogen-bond acceptors (Lipinski definition) is 2. The zero-order chi connectivity index (χ0) is 15.2. The van der Waals surface area contributed by atoms with E-state index in [1.165, 1.54) is 6.07 Å². The van der Waals surface area contributed by atoms with Gasteiger partial charge in [-0.3, -0.25) is 0 Å². The van der Waals surface area contributed by atoms with E-state index in [9.17, 15) is 4.39 Å². The van der Waals surface area contributed by atoms with Gasteiger partial charge >= 0.3 is 0 Å². The van der Waals surface area contributed by atoms with Gasteiger partial charge in [-0.25, -0.2) is 4.39 Å². The number of hydrogen-bond donors (Lipinski definition) is 1. The molecule has 0 bridgehead atoms. The summed E-state index contributed by atoms with van der Waals surface area (Å²) in [5.74, 6) is 0.523. The van der Waals surface area contributed by atoms with Crippen molar-refractivity contribution in [3.05, 3.63) is 63.9 Å². The standard InChI is InChI=1S/C17H19BrFNO/c1-3-20-12(2)15-6-4-5-7-17(15)21-11-13-8-9-14(18)10-16(13)19/h4-10,12,20H,3,11H2,1-2H3. The first kappa shape index (κ1) is 16.0. The maximum absolute atomic E-state index is 13.8. The molecule has 0 amide bonds. The average molecular weight is 352 g/mol. The van der Waals surface area contributed by atoms with E-state index in [1.807, 2.05) is 30.3 Å². The molecule has 0 aliphatic rings. The minimum Gasteiger partial charge on any atom is -0.488 e. The lowest BCUT2D eigenvalue weighted by Crippen LogP contribution is -2.18. The van der Waals surface area contributed by atoms with Gasteiger partial charge in [-0.1, -0.05) is 47.1 Å². The molecule has 2 aromatic carbocycles. The van der Waals surface area contributed by atoms with Crippen LogP contribution >= 0.6 is 15.9 Å². The zero-order valence-corrected chi connectivity index (χ0v) is 13.8. The van der Waals surface area contributed by atoms with Crippen molar-refractivity contribution in [3.8, 4) is 5.75 Å². The summed E-state index contributed by atoms with van der Waals surface area (Å²) < 4.78 is 20.4. The molecule has 0 heterocycles. The van der Waals surface area contributed by atoms with Crippen LogP contribution in [0.3, 0.4) is 0 Å². The summed E-state index contributed by atoms with van der Waals surface area (Å²) in [7, 11) is 0. The Morgan fingerprint density at radius 2 is 2.00 bits per heavy atom. The van der Waals surface area contributed by atoms with Crippen molar-refractivity contribution in [2.24, 2.45) is 0 Å². The Labute approximate surface area is 133 Å². The highest BCUT2D eigenvalue weighted by Gasteiger charge is 2.11. The number of rotatable bonds is 6. The molecule has 0 saturated heterocycles. The second kappa shape index (κ2) is 7.57. The van der Waals surface area contributed by atoms with Crippen molar-refractivity contribution in [1.29, 1.82) is 0 Å². The summed E-state index contributed by atoms with van der Waals surface area (Å²) in [6, 6.07) is 13.0. The lowest BCUT2D eigenvalue weighted by molar-refractivity contribution is 0.294. The molecular weight excluding hydrogens is 333 g/mol. The predicted molar refractivity (Wildman–Crippen MR) is 87.0 cm³/mol. The van der Waals surface area contributed by atoms with Crippen LogP contribution in [0.15, 0.2) is 46.9 Å². The van der Waals surface area contributed by atoms with E-state index in [0.29, 0.717) is 5.56 Å². The fourth-order valence-corrected chi connectivity index (χ4v) is 2.51. The van der Waals surface area contributed by atoms with Gasteiger partial charge < -0.3 is 10.1 Å². The molecule has 112 valence electrons. The van der Waals surface area contributed by atoms with E-state index in [2.05, 4.69) is 35.1 Å². The van der Waals surface area contributed by atoms with Crippen LogP contribution in [0.1, 0.15) is 31.0 Å². The smallest absolute Gasteiger partial charge is 0.130 e. The minimum absolute atomic E-state index is 0.195. The van der Waals surface area contributed by atoms with Crippen molar-refractivity contribution in [3.63, 3.8) is 0 Å². The number of benzene rings is 2. The molecule has 0 radical (unpaired) electrons. The Balaban J connectivity index is 2.13. The molecule has 2 nitrogen and oxygen atoms in total. The van der Waals surface area contributed by atoms with Crippen LogP contribution in [0.5, 0.6) is 5.75 Å². The number of halogens is 2. The summed E-state index contributed by atoms with van der Waals surface area (Å²) in [6.45, 7) is 5.26. The molecule has 1 unspecified atom stereocenters. The molecule has 21 heavy (non-hydrogen) atoms. The average Bonchev–Trinajstić information content (AvgIpc) is 2.47. The Morgan fingerprint density at radius 3 is 2.71 bits per heavy atom. The number of nitrogens with one attached hydrogen (secondary N) is 1. The molecule has 0 fully saturated rings. The Bertz CT molecular complexity index is 603. The van der Waals surface area contributed by atoms with E-state index in [4.69, 9.17) is 4.74 Å². The molecule has 0 aliphatic carbocycles. The summed E-state index contributed by atoms with van der Waals surface area (Å²) in [4.78, 5) is 0. The fourth-order valence-electron chi connectivity index (χ4n) is 2.18. The van der Waals surface area contributed by atoms with Crippen LogP contribution in [0, 0.1) is 5.82 Å². The van der Waals surface area contributed by atoms with Crippen molar-refractivity contribution < 1.29 is 9.13 Å². The highest BCUT2D eigenvalue weighted by Crippen LogP contribution is 2.26. The molecule has 2 rings (SSSR count). The van der Waals surface area contributed by atoms with Gasteiger partial charge in [-0.15, -0.1) is 0 Å². The molecule has 0 spiro atoms. The van der Waals surface area contributed by atoms with Gasteiger partial charge in [-0.05, 0) is 31.7 Å². The molecule has 0 aliphatic heterocycles. The first-order chi connectivity index (χ1) is 10.1. The first-order valence-corrected chi connectivity index (χ1v) is 7.80. The number of ether oxygens (including phenoxy) is 1. The van der Waals surface area contributed by atoms with Gasteiger partial charge in [0.1, 0.15) is 18.2 Å². The van der Waals surface area contributed by atoms with Gasteiger partial charge in [0.2, 0.25) is 0 Å². The predicted octanol–water partition coefficient (Wildman–Crippen LogP) is 4.84. The van der Waals surface area contributed by atoms with Gasteiger partial charge in [0.15, 0.2) is 0 Å². The third kappa shape index (κ3) is 4.29. The summed E-state index contributed by atoms with van der Waals surface area (Å²) >= 11 is 3.25. The van der Waals surface area contributed by atoms with Crippen molar-refractivity contribution in [2.45, 2.75) is 26.5 Å². The van der Waals surface area contributed by atoms with Gasteiger partial charge in [-0.2, -0.15) is 0 Å². The van der Waals surface area contributed by atoms with Crippen molar-refractivity contribution in [2.75, 3.05) is 6.54 Å². The summed E-state index contributed by atoms with van der Waals surface area (Å²) in [6.07, 6.45) is 0. The molecule has 0 saturated carbocycles. The molecular formula is C17H19BrFNO. The van der Waals surface area contributed by atoms with Crippen LogP contribution in [0.25, 0.3) is 0 Å². The Kier molecular flexibility index (Phi) is 5.76. The topological polar surface area (TPSA) is 21.3 Å². The molecule has 4 heteroatoms. The van der Waals surface area contributed by atoms with Gasteiger partial charge in [0, 0.05) is 21.6 Å². The lowest BCUT2D eigenvalue weighted by Gasteiger charge is -2.17. The minimum atomic E-state index is -0.262. The normalized spacial score (nSPS) is 12.2. The quantitative estimate of drug-likeness (QED) is 0.803. The molecule has 0 aromatic heterocycles. The van der Waals surface area contributed by atoms with Crippen LogP contribution in [0.2, 0.25) is 0 Å². The first-order valence-electron chi connectivity index (χ1n) is 7.01. The van der Waals surface area contributed by atoms with Crippen molar-refractivity contribution in [1.82, 2.24) is 5.32 Å². The third-order valence-corrected chi connectivity index (χ3v) is 3.79. The van der Waals surface area contributed by atoms with Crippen LogP contribution < -0.4 is 10.1 Å². The Hall–Kier alpha value is -1.39. The zero-order valence-electron chi connectivity index (χ0n) is 12.2. The monoisotopic (exact) mass is 351 g/mol. The second-order valence-electron chi connectivity index (χ2n) is 4.84. The van der Waals surface area contributed by atoms with Crippen LogP contribution in [-0.2, 0) is 6.61 Å². The van der Waals surface area contributed by atoms with Gasteiger partial charge in [0.25, 0.3) is 0 Å². The maximum atomic E-state index is 13.8. The largest absolute Gasteiger partial charge is 0.488 e. The maximum Gasteiger partial charge on any atom is 0.130 e. The molecule has 1 N–H and O–H groups in total. The SMILES string of the molecule is CCNC(C)c1ccccc1OCc1ccc(Br)cc1F. The fraction of sp³-hybridized carbons (Fsp3) is 0.294. The van der Waals surface area contributed by atoms with E-state index in [-0.39, 0.29) is 18.5 Å². The van der Waals surface area contributed by atoms with Crippen LogP contribution in [-0.4, -0.2) is 6.54 Å².